The van der Waals surface area contributed by atoms with E-state index in [1.807, 2.05) is 6.20 Å². The normalized spacial score (nSPS) is 13.8. The van der Waals surface area contributed by atoms with Gasteiger partial charge in [0.2, 0.25) is 0 Å². The lowest BCUT2D eigenvalue weighted by atomic mass is 9.75. The zero-order valence-electron chi connectivity index (χ0n) is 41.8. The van der Waals surface area contributed by atoms with Crippen molar-refractivity contribution in [2.75, 3.05) is 16.5 Å². The Morgan fingerprint density at radius 2 is 0.985 bits per heavy atom. The second-order valence-corrected chi connectivity index (χ2v) is 23.2. The first-order valence-electron chi connectivity index (χ1n) is 23.7. The summed E-state index contributed by atoms with van der Waals surface area (Å²) in [4.78, 5) is 9.94. The van der Waals surface area contributed by atoms with Crippen LogP contribution in [0.1, 0.15) is 130 Å². The Morgan fingerprint density at radius 3 is 1.67 bits per heavy atom. The van der Waals surface area contributed by atoms with Crippen LogP contribution in [0.25, 0.3) is 27.6 Å². The van der Waals surface area contributed by atoms with Gasteiger partial charge in [-0.3, -0.25) is 4.57 Å². The molecule has 0 atom stereocenters. The molecule has 0 fully saturated rings. The number of ether oxygens (including phenoxy) is 1. The van der Waals surface area contributed by atoms with Gasteiger partial charge in [0.25, 0.3) is 0 Å². The second-order valence-electron chi connectivity index (χ2n) is 23.2. The van der Waals surface area contributed by atoms with Crippen LogP contribution in [0, 0.1) is 0 Å². The third-order valence-corrected chi connectivity index (χ3v) is 13.8. The summed E-state index contributed by atoms with van der Waals surface area (Å²) in [6, 6.07) is 51.6. The molecule has 0 amide bonds. The van der Waals surface area contributed by atoms with Crippen LogP contribution in [0.15, 0.2) is 146 Å². The minimum Gasteiger partial charge on any atom is -0.457 e. The summed E-state index contributed by atoms with van der Waals surface area (Å²) in [5.41, 5.74) is 14.1. The van der Waals surface area contributed by atoms with Gasteiger partial charge >= 0.3 is 0 Å². The van der Waals surface area contributed by atoms with Gasteiger partial charge in [0, 0.05) is 45.9 Å². The van der Waals surface area contributed by atoms with Crippen molar-refractivity contribution in [3.63, 3.8) is 0 Å². The van der Waals surface area contributed by atoms with Crippen molar-refractivity contribution in [3.05, 3.63) is 179 Å². The Bertz CT molecular complexity index is 3110. The molecule has 5 heteroatoms. The van der Waals surface area contributed by atoms with Crippen LogP contribution in [-0.2, 0) is 27.1 Å². The standard InChI is InChI=1S/C61H68N4O/c1-57(2,3)41-24-27-53-55(35-41)64(39-63(53)46-31-43(59(7,8)9)30-45(33-46)61(13,14)40-20-16-15-17-21-40)47-32-44(60(10,11)12)34-49(37-47)66-48-25-26-51-50-22-18-19-23-52(50)65(54(51)38-48)56-36-42(28-29-62-56)58(4,5)6/h15-38H,39H2,1-14H3. The average molecular weight is 873 g/mol. The molecule has 1 aliphatic heterocycles. The van der Waals surface area contributed by atoms with Gasteiger partial charge in [-0.15, -0.1) is 0 Å². The van der Waals surface area contributed by atoms with Crippen LogP contribution >= 0.6 is 0 Å². The number of benzene rings is 6. The van der Waals surface area contributed by atoms with Gasteiger partial charge in [-0.1, -0.05) is 158 Å². The molecular weight excluding hydrogens is 805 g/mol. The molecule has 0 unspecified atom stereocenters. The predicted octanol–water partition coefficient (Wildman–Crippen LogP) is 16.7. The van der Waals surface area contributed by atoms with Crippen molar-refractivity contribution in [2.45, 2.75) is 124 Å². The minimum atomic E-state index is -0.201. The van der Waals surface area contributed by atoms with Crippen molar-refractivity contribution in [1.82, 2.24) is 9.55 Å². The molecule has 0 N–H and O–H groups in total. The van der Waals surface area contributed by atoms with E-state index >= 15 is 0 Å². The maximum Gasteiger partial charge on any atom is 0.137 e. The molecule has 0 aliphatic carbocycles. The molecule has 0 spiro atoms. The van der Waals surface area contributed by atoms with Crippen LogP contribution in [-0.4, -0.2) is 16.2 Å². The highest BCUT2D eigenvalue weighted by molar-refractivity contribution is 6.09. The van der Waals surface area contributed by atoms with Gasteiger partial charge in [-0.2, -0.15) is 0 Å². The van der Waals surface area contributed by atoms with E-state index in [9.17, 15) is 0 Å². The fraction of sp³-hybridized carbons (Fsp3) is 0.328. The van der Waals surface area contributed by atoms with Gasteiger partial charge < -0.3 is 14.5 Å². The molecule has 5 nitrogen and oxygen atoms in total. The van der Waals surface area contributed by atoms with Crippen LogP contribution < -0.4 is 14.5 Å². The van der Waals surface area contributed by atoms with Crippen molar-refractivity contribution in [1.29, 1.82) is 0 Å². The molecule has 9 rings (SSSR count). The van der Waals surface area contributed by atoms with E-state index in [4.69, 9.17) is 9.72 Å². The van der Waals surface area contributed by atoms with E-state index in [1.54, 1.807) is 0 Å². The smallest absolute Gasteiger partial charge is 0.137 e. The Labute approximate surface area is 394 Å². The lowest BCUT2D eigenvalue weighted by Gasteiger charge is -2.32. The van der Waals surface area contributed by atoms with E-state index in [2.05, 4.69) is 251 Å². The summed E-state index contributed by atoms with van der Waals surface area (Å²) in [5.74, 6) is 2.49. The molecule has 0 saturated heterocycles. The van der Waals surface area contributed by atoms with Crippen molar-refractivity contribution < 1.29 is 4.74 Å². The number of para-hydroxylation sites is 1. The molecule has 3 heterocycles. The molecule has 0 bridgehead atoms. The zero-order valence-corrected chi connectivity index (χ0v) is 41.8. The first-order chi connectivity index (χ1) is 31.0. The third-order valence-electron chi connectivity index (χ3n) is 13.8. The van der Waals surface area contributed by atoms with E-state index in [-0.39, 0.29) is 27.1 Å². The van der Waals surface area contributed by atoms with Gasteiger partial charge in [-0.25, -0.2) is 4.98 Å². The van der Waals surface area contributed by atoms with Crippen LogP contribution in [0.2, 0.25) is 0 Å². The minimum absolute atomic E-state index is 0.0135. The van der Waals surface area contributed by atoms with Gasteiger partial charge in [0.15, 0.2) is 0 Å². The number of pyridine rings is 1. The number of nitrogens with zero attached hydrogens (tertiary/aromatic N) is 4. The molecule has 6 aromatic carbocycles. The highest BCUT2D eigenvalue weighted by Gasteiger charge is 2.34. The summed E-state index contributed by atoms with van der Waals surface area (Å²) in [5, 5.41) is 2.36. The van der Waals surface area contributed by atoms with Gasteiger partial charge in [-0.05, 0) is 122 Å². The SMILES string of the molecule is CC(C)(C)c1cc(Oc2ccc3c4ccccc4n(-c4cc(C(C)(C)C)ccn4)c3c2)cc(N2CN(c3cc(C(C)(C)C)cc(C(C)(C)c4ccccc4)c3)c3ccc(C(C)(C)C)cc32)c1. The molecule has 66 heavy (non-hydrogen) atoms. The molecule has 338 valence electrons. The third kappa shape index (κ3) is 8.38. The van der Waals surface area contributed by atoms with E-state index in [0.717, 1.165) is 34.0 Å². The Kier molecular flexibility index (Phi) is 10.8. The highest BCUT2D eigenvalue weighted by Crippen LogP contribution is 2.49. The molecule has 0 radical (unpaired) electrons. The molecular formula is C61H68N4O. The van der Waals surface area contributed by atoms with Crippen molar-refractivity contribution in [2.24, 2.45) is 0 Å². The van der Waals surface area contributed by atoms with Crippen LogP contribution in [0.4, 0.5) is 22.7 Å². The molecule has 2 aromatic heterocycles. The summed E-state index contributed by atoms with van der Waals surface area (Å²) in [6.45, 7) is 32.8. The quantitative estimate of drug-likeness (QED) is 0.160. The molecule has 8 aromatic rings. The lowest BCUT2D eigenvalue weighted by molar-refractivity contribution is 0.479. The number of rotatable bonds is 7. The largest absolute Gasteiger partial charge is 0.457 e. The first-order valence-corrected chi connectivity index (χ1v) is 23.7. The van der Waals surface area contributed by atoms with Crippen LogP contribution in [0.3, 0.4) is 0 Å². The highest BCUT2D eigenvalue weighted by atomic mass is 16.5. The molecule has 1 aliphatic rings. The second kappa shape index (κ2) is 15.9. The summed E-state index contributed by atoms with van der Waals surface area (Å²) >= 11 is 0. The summed E-state index contributed by atoms with van der Waals surface area (Å²) in [7, 11) is 0. The number of anilines is 4. The number of hydrogen-bond acceptors (Lipinski definition) is 4. The molecule has 0 saturated carbocycles. The summed E-state index contributed by atoms with van der Waals surface area (Å²) in [6.07, 6.45) is 1.93. The summed E-state index contributed by atoms with van der Waals surface area (Å²) < 4.78 is 9.32. The maximum absolute atomic E-state index is 7.04. The Balaban J connectivity index is 1.17. The van der Waals surface area contributed by atoms with E-state index in [1.165, 1.54) is 61.2 Å². The van der Waals surface area contributed by atoms with Gasteiger partial charge in [0.1, 0.15) is 24.0 Å². The first kappa shape index (κ1) is 44.9. The zero-order chi connectivity index (χ0) is 47.1. The van der Waals surface area contributed by atoms with Crippen molar-refractivity contribution in [3.8, 4) is 17.3 Å². The Morgan fingerprint density at radius 1 is 0.409 bits per heavy atom. The van der Waals surface area contributed by atoms with Crippen molar-refractivity contribution >= 4 is 44.6 Å². The monoisotopic (exact) mass is 873 g/mol. The Hall–Kier alpha value is -6.33. The average Bonchev–Trinajstić information content (AvgIpc) is 3.81. The number of fused-ring (bicyclic) bond motifs is 4. The van der Waals surface area contributed by atoms with Crippen LogP contribution in [0.5, 0.6) is 11.5 Å². The number of aromatic nitrogens is 2. The fourth-order valence-corrected chi connectivity index (χ4v) is 9.39. The lowest BCUT2D eigenvalue weighted by Crippen LogP contribution is -2.26. The topological polar surface area (TPSA) is 33.5 Å². The fourth-order valence-electron chi connectivity index (χ4n) is 9.39. The van der Waals surface area contributed by atoms with E-state index in [0.29, 0.717) is 6.67 Å². The van der Waals surface area contributed by atoms with E-state index < -0.39 is 0 Å². The maximum atomic E-state index is 7.04. The predicted molar refractivity (Wildman–Crippen MR) is 280 cm³/mol. The van der Waals surface area contributed by atoms with Gasteiger partial charge in [0.05, 0.1) is 22.4 Å². The number of hydrogen-bond donors (Lipinski definition) is 0.